The van der Waals surface area contributed by atoms with Crippen molar-refractivity contribution in [1.82, 2.24) is 0 Å². The number of hydrogen-bond donors (Lipinski definition) is 0. The molecular weight excluding hydrogens is 278 g/mol. The lowest BCUT2D eigenvalue weighted by molar-refractivity contribution is -0.385. The number of carbonyl (C=O) groups excluding carboxylic acids is 2. The number of ether oxygens (including phenoxy) is 2. The van der Waals surface area contributed by atoms with Gasteiger partial charge in [0.1, 0.15) is 0 Å². The fourth-order valence-corrected chi connectivity index (χ4v) is 1.82. The maximum Gasteiger partial charge on any atom is 0.324 e. The first-order valence-electron chi connectivity index (χ1n) is 5.02. The number of benzene rings is 1. The zero-order valence-corrected chi connectivity index (χ0v) is 10.8. The molecule has 0 amide bonds. The number of nitrogens with zero attached hydrogens (tertiary/aromatic N) is 1. The van der Waals surface area contributed by atoms with E-state index in [2.05, 4.69) is 9.47 Å². The Labute approximate surface area is 113 Å². The van der Waals surface area contributed by atoms with Crippen LogP contribution in [0.25, 0.3) is 0 Å². The Kier molecular flexibility index (Phi) is 4.82. The van der Waals surface area contributed by atoms with E-state index >= 15 is 0 Å². The van der Waals surface area contributed by atoms with Crippen LogP contribution in [0.15, 0.2) is 18.2 Å². The van der Waals surface area contributed by atoms with E-state index in [4.69, 9.17) is 11.6 Å². The molecule has 0 aliphatic carbocycles. The number of nitro benzene ring substituents is 1. The van der Waals surface area contributed by atoms with Gasteiger partial charge in [-0.3, -0.25) is 19.7 Å². The Bertz CT molecular complexity index is 514. The molecule has 0 aliphatic rings. The first-order chi connectivity index (χ1) is 8.93. The minimum absolute atomic E-state index is 0.0880. The highest BCUT2D eigenvalue weighted by Gasteiger charge is 2.37. The highest BCUT2D eigenvalue weighted by Crippen LogP contribution is 2.34. The van der Waals surface area contributed by atoms with Crippen molar-refractivity contribution in [1.29, 1.82) is 0 Å². The minimum Gasteiger partial charge on any atom is -0.468 e. The molecule has 0 aliphatic heterocycles. The number of nitro groups is 1. The Morgan fingerprint density at radius 2 is 1.79 bits per heavy atom. The van der Waals surface area contributed by atoms with Crippen LogP contribution in [0.5, 0.6) is 0 Å². The van der Waals surface area contributed by atoms with Crippen LogP contribution in [-0.4, -0.2) is 31.1 Å². The van der Waals surface area contributed by atoms with E-state index in [1.54, 1.807) is 0 Å². The second kappa shape index (κ2) is 6.14. The van der Waals surface area contributed by atoms with Crippen LogP contribution in [-0.2, 0) is 19.1 Å². The van der Waals surface area contributed by atoms with Crippen molar-refractivity contribution in [3.05, 3.63) is 38.9 Å². The van der Waals surface area contributed by atoms with Crippen LogP contribution in [0.2, 0.25) is 5.02 Å². The molecule has 0 heterocycles. The lowest BCUT2D eigenvalue weighted by Gasteiger charge is -2.14. The molecule has 19 heavy (non-hydrogen) atoms. The summed E-state index contributed by atoms with van der Waals surface area (Å²) in [7, 11) is 2.11. The third-order valence-corrected chi connectivity index (χ3v) is 2.72. The third-order valence-electron chi connectivity index (χ3n) is 2.39. The summed E-state index contributed by atoms with van der Waals surface area (Å²) in [6.45, 7) is 0. The smallest absolute Gasteiger partial charge is 0.324 e. The van der Waals surface area contributed by atoms with Crippen LogP contribution in [0.4, 0.5) is 5.69 Å². The predicted molar refractivity (Wildman–Crippen MR) is 64.9 cm³/mol. The zero-order chi connectivity index (χ0) is 14.6. The molecule has 0 atom stereocenters. The second-order valence-electron chi connectivity index (χ2n) is 3.41. The lowest BCUT2D eigenvalue weighted by Crippen LogP contribution is -2.25. The van der Waals surface area contributed by atoms with Gasteiger partial charge in [0.25, 0.3) is 5.69 Å². The van der Waals surface area contributed by atoms with Gasteiger partial charge in [-0.15, -0.1) is 0 Å². The van der Waals surface area contributed by atoms with Gasteiger partial charge in [0.05, 0.1) is 29.7 Å². The number of hydrogen-bond acceptors (Lipinski definition) is 6. The average Bonchev–Trinajstić information content (AvgIpc) is 2.39. The zero-order valence-electron chi connectivity index (χ0n) is 10.1. The van der Waals surface area contributed by atoms with Gasteiger partial charge >= 0.3 is 11.9 Å². The predicted octanol–water partition coefficient (Wildman–Crippen LogP) is 1.68. The van der Waals surface area contributed by atoms with Crippen molar-refractivity contribution in [2.45, 2.75) is 5.92 Å². The maximum absolute atomic E-state index is 11.6. The molecule has 0 saturated carbocycles. The fourth-order valence-electron chi connectivity index (χ4n) is 1.54. The first kappa shape index (κ1) is 14.9. The van der Waals surface area contributed by atoms with Crippen molar-refractivity contribution in [3.8, 4) is 0 Å². The van der Waals surface area contributed by atoms with Gasteiger partial charge in [-0.1, -0.05) is 17.7 Å². The summed E-state index contributed by atoms with van der Waals surface area (Å²) >= 11 is 5.85. The van der Waals surface area contributed by atoms with Crippen molar-refractivity contribution < 1.29 is 24.0 Å². The van der Waals surface area contributed by atoms with Gasteiger partial charge in [-0.05, 0) is 6.07 Å². The van der Waals surface area contributed by atoms with Crippen LogP contribution in [0, 0.1) is 10.1 Å². The van der Waals surface area contributed by atoms with Crippen LogP contribution >= 0.6 is 11.6 Å². The van der Waals surface area contributed by atoms with Gasteiger partial charge < -0.3 is 9.47 Å². The van der Waals surface area contributed by atoms with E-state index < -0.39 is 28.5 Å². The van der Waals surface area contributed by atoms with Gasteiger partial charge in [0.2, 0.25) is 0 Å². The molecule has 0 radical (unpaired) electrons. The van der Waals surface area contributed by atoms with Crippen LogP contribution in [0.1, 0.15) is 11.5 Å². The Morgan fingerprint density at radius 1 is 1.26 bits per heavy atom. The van der Waals surface area contributed by atoms with Gasteiger partial charge in [-0.25, -0.2) is 0 Å². The number of rotatable bonds is 4. The molecule has 0 fully saturated rings. The van der Waals surface area contributed by atoms with E-state index in [1.165, 1.54) is 12.1 Å². The van der Waals surface area contributed by atoms with E-state index in [-0.39, 0.29) is 10.6 Å². The lowest BCUT2D eigenvalue weighted by atomic mass is 9.97. The molecular formula is C11H10ClNO6. The van der Waals surface area contributed by atoms with Crippen LogP contribution in [0.3, 0.4) is 0 Å². The standard InChI is InChI=1S/C11H10ClNO6/c1-18-10(14)9(11(15)19-2)8-6(12)4-3-5-7(8)13(16)17/h3-5,9H,1-2H3. The molecule has 0 bridgehead atoms. The molecule has 8 heteroatoms. The van der Waals surface area contributed by atoms with Crippen molar-refractivity contribution in [2.75, 3.05) is 14.2 Å². The molecule has 0 saturated heterocycles. The van der Waals surface area contributed by atoms with Gasteiger partial charge in [-0.2, -0.15) is 0 Å². The quantitative estimate of drug-likeness (QED) is 0.362. The number of esters is 2. The molecule has 102 valence electrons. The summed E-state index contributed by atoms with van der Waals surface area (Å²) in [4.78, 5) is 33.5. The van der Waals surface area contributed by atoms with E-state index in [9.17, 15) is 19.7 Å². The summed E-state index contributed by atoms with van der Waals surface area (Å²) in [5.41, 5.74) is -0.693. The SMILES string of the molecule is COC(=O)C(C(=O)OC)c1c(Cl)cccc1[N+](=O)[O-]. The average molecular weight is 288 g/mol. The first-order valence-corrected chi connectivity index (χ1v) is 5.40. The number of methoxy groups -OCH3 is 2. The normalized spacial score (nSPS) is 10.1. The molecule has 1 rings (SSSR count). The van der Waals surface area contributed by atoms with Gasteiger partial charge in [0.15, 0.2) is 5.92 Å². The number of carbonyl (C=O) groups is 2. The molecule has 0 aromatic heterocycles. The van der Waals surface area contributed by atoms with Crippen LogP contribution < -0.4 is 0 Å². The van der Waals surface area contributed by atoms with E-state index in [0.717, 1.165) is 20.3 Å². The summed E-state index contributed by atoms with van der Waals surface area (Å²) in [6.07, 6.45) is 0. The Balaban J connectivity index is 3.49. The molecule has 7 nitrogen and oxygen atoms in total. The van der Waals surface area contributed by atoms with Crippen molar-refractivity contribution in [2.24, 2.45) is 0 Å². The summed E-state index contributed by atoms with van der Waals surface area (Å²) < 4.78 is 8.92. The summed E-state index contributed by atoms with van der Waals surface area (Å²) in [6, 6.07) is 3.82. The highest BCUT2D eigenvalue weighted by molar-refractivity contribution is 6.32. The Morgan fingerprint density at radius 3 is 2.21 bits per heavy atom. The monoisotopic (exact) mass is 287 g/mol. The maximum atomic E-state index is 11.6. The molecule has 0 N–H and O–H groups in total. The summed E-state index contributed by atoms with van der Waals surface area (Å²) in [5, 5.41) is 10.9. The third kappa shape index (κ3) is 3.00. The van der Waals surface area contributed by atoms with Crippen molar-refractivity contribution in [3.63, 3.8) is 0 Å². The second-order valence-corrected chi connectivity index (χ2v) is 3.82. The molecule has 1 aromatic carbocycles. The summed E-state index contributed by atoms with van der Waals surface area (Å²) in [5.74, 6) is -3.56. The minimum atomic E-state index is -1.59. The van der Waals surface area contributed by atoms with E-state index in [1.807, 2.05) is 0 Å². The number of halogens is 1. The molecule has 0 spiro atoms. The van der Waals surface area contributed by atoms with E-state index in [0.29, 0.717) is 0 Å². The highest BCUT2D eigenvalue weighted by atomic mass is 35.5. The molecule has 1 aromatic rings. The fraction of sp³-hybridized carbons (Fsp3) is 0.273. The molecule has 0 unspecified atom stereocenters. The topological polar surface area (TPSA) is 95.7 Å². The largest absolute Gasteiger partial charge is 0.468 e. The van der Waals surface area contributed by atoms with Crippen molar-refractivity contribution >= 4 is 29.2 Å². The van der Waals surface area contributed by atoms with Gasteiger partial charge in [0, 0.05) is 6.07 Å². The Hall–Kier alpha value is -2.15.